The van der Waals surface area contributed by atoms with Crippen molar-refractivity contribution in [1.82, 2.24) is 0 Å². The molecule has 0 unspecified atom stereocenters. The second-order valence-corrected chi connectivity index (χ2v) is 14.8. The van der Waals surface area contributed by atoms with Crippen molar-refractivity contribution in [2.45, 2.75) is 12.8 Å². The predicted octanol–water partition coefficient (Wildman–Crippen LogP) is 15.3. The van der Waals surface area contributed by atoms with Crippen LogP contribution in [0.25, 0.3) is 82.1 Å². The Morgan fingerprint density at radius 1 is 0.411 bits per heavy atom. The number of allylic oxidation sites excluding steroid dienone is 4. The van der Waals surface area contributed by atoms with Crippen LogP contribution in [-0.2, 0) is 0 Å². The van der Waals surface area contributed by atoms with Gasteiger partial charge in [-0.15, -0.1) is 0 Å². The molecule has 0 fully saturated rings. The zero-order valence-electron chi connectivity index (χ0n) is 30.8. The van der Waals surface area contributed by atoms with Gasteiger partial charge >= 0.3 is 0 Å². The fraction of sp³-hybridized carbons (Fsp3) is 0.0370. The largest absolute Gasteiger partial charge is 0.456 e. The number of hydrogen-bond acceptors (Lipinski definition) is 2. The van der Waals surface area contributed by atoms with Crippen LogP contribution in [0.1, 0.15) is 18.4 Å². The van der Waals surface area contributed by atoms with Crippen molar-refractivity contribution in [3.8, 4) is 22.3 Å². The number of fused-ring (bicyclic) bond motifs is 7. The number of rotatable bonds is 6. The summed E-state index contributed by atoms with van der Waals surface area (Å²) in [4.78, 5) is 2.47. The molecule has 2 heteroatoms. The molecule has 2 nitrogen and oxygen atoms in total. The van der Waals surface area contributed by atoms with E-state index in [4.69, 9.17) is 4.42 Å². The maximum absolute atomic E-state index is 6.55. The van der Waals surface area contributed by atoms with Gasteiger partial charge in [0.2, 0.25) is 0 Å². The summed E-state index contributed by atoms with van der Waals surface area (Å²) < 4.78 is 6.55. The highest BCUT2D eigenvalue weighted by Crippen LogP contribution is 2.44. The lowest BCUT2D eigenvalue weighted by atomic mass is 9.91. The van der Waals surface area contributed by atoms with E-state index < -0.39 is 0 Å². The monoisotopic (exact) mass is 715 g/mol. The highest BCUT2D eigenvalue weighted by atomic mass is 16.3. The first-order chi connectivity index (χ1) is 27.7. The normalized spacial score (nSPS) is 13.1. The zero-order valence-corrected chi connectivity index (χ0v) is 30.8. The number of furan rings is 1. The zero-order chi connectivity index (χ0) is 37.0. The van der Waals surface area contributed by atoms with Gasteiger partial charge < -0.3 is 9.32 Å². The van der Waals surface area contributed by atoms with Crippen molar-refractivity contribution in [2.75, 3.05) is 4.90 Å². The van der Waals surface area contributed by atoms with Gasteiger partial charge in [0, 0.05) is 33.4 Å². The fourth-order valence-electron chi connectivity index (χ4n) is 8.76. The molecule has 0 saturated heterocycles. The maximum atomic E-state index is 6.55. The van der Waals surface area contributed by atoms with Crippen LogP contribution in [0.5, 0.6) is 0 Å². The first kappa shape index (κ1) is 32.3. The molecule has 9 aromatic carbocycles. The van der Waals surface area contributed by atoms with Gasteiger partial charge in [0.15, 0.2) is 0 Å². The van der Waals surface area contributed by atoms with E-state index in [-0.39, 0.29) is 0 Å². The van der Waals surface area contributed by atoms with Gasteiger partial charge in [0.05, 0.1) is 0 Å². The second-order valence-electron chi connectivity index (χ2n) is 14.8. The molecule has 0 aliphatic heterocycles. The van der Waals surface area contributed by atoms with Gasteiger partial charge in [-0.3, -0.25) is 0 Å². The van der Waals surface area contributed by atoms with Gasteiger partial charge in [-0.25, -0.2) is 0 Å². The maximum Gasteiger partial charge on any atom is 0.136 e. The molecule has 264 valence electrons. The quantitative estimate of drug-likeness (QED) is 0.159. The van der Waals surface area contributed by atoms with E-state index in [2.05, 4.69) is 205 Å². The van der Waals surface area contributed by atoms with E-state index in [1.165, 1.54) is 71.4 Å². The topological polar surface area (TPSA) is 16.4 Å². The molecule has 0 N–H and O–H groups in total. The second kappa shape index (κ2) is 13.3. The molecule has 11 rings (SSSR count). The Hall–Kier alpha value is -7.16. The number of benzene rings is 9. The Kier molecular flexibility index (Phi) is 7.67. The van der Waals surface area contributed by atoms with Crippen LogP contribution in [0.2, 0.25) is 0 Å². The Morgan fingerprint density at radius 3 is 1.82 bits per heavy atom. The summed E-state index contributed by atoms with van der Waals surface area (Å²) in [5, 5.41) is 9.80. The number of nitrogens with zero attached hydrogens (tertiary/aromatic N) is 1. The van der Waals surface area contributed by atoms with Crippen molar-refractivity contribution in [3.63, 3.8) is 0 Å². The summed E-state index contributed by atoms with van der Waals surface area (Å²) in [5.41, 5.74) is 12.6. The molecule has 1 aliphatic rings. The van der Waals surface area contributed by atoms with E-state index in [1.807, 2.05) is 0 Å². The Labute approximate surface area is 325 Å². The summed E-state index contributed by atoms with van der Waals surface area (Å²) in [6, 6.07) is 68.2. The van der Waals surface area contributed by atoms with Crippen molar-refractivity contribution in [3.05, 3.63) is 211 Å². The van der Waals surface area contributed by atoms with Crippen LogP contribution in [0.4, 0.5) is 11.4 Å². The lowest BCUT2D eigenvalue weighted by Crippen LogP contribution is -2.19. The SMILES string of the molecule is C1=CC(c2cccc3oc4cc5ccccc5cc4c23)=C(N(c2ccc(-c3ccccc3)cc2)c2ccc(-c3ccc4c(ccc5ccccc54)c3)cc2)CC1. The molecule has 1 aromatic heterocycles. The molecule has 0 bridgehead atoms. The molecule has 0 saturated carbocycles. The van der Waals surface area contributed by atoms with Gasteiger partial charge in [0.1, 0.15) is 11.2 Å². The third-order valence-corrected chi connectivity index (χ3v) is 11.5. The fourth-order valence-corrected chi connectivity index (χ4v) is 8.76. The average molecular weight is 716 g/mol. The molecule has 10 aromatic rings. The molecule has 0 radical (unpaired) electrons. The summed E-state index contributed by atoms with van der Waals surface area (Å²) in [7, 11) is 0. The summed E-state index contributed by atoms with van der Waals surface area (Å²) in [6.07, 6.45) is 6.51. The minimum atomic E-state index is 0.905. The van der Waals surface area contributed by atoms with Crippen LogP contribution in [0, 0.1) is 0 Å². The van der Waals surface area contributed by atoms with Crippen LogP contribution in [0.3, 0.4) is 0 Å². The van der Waals surface area contributed by atoms with E-state index in [0.717, 1.165) is 46.2 Å². The van der Waals surface area contributed by atoms with E-state index in [9.17, 15) is 0 Å². The van der Waals surface area contributed by atoms with Crippen molar-refractivity contribution in [2.24, 2.45) is 0 Å². The number of anilines is 2. The molecule has 0 amide bonds. The first-order valence-electron chi connectivity index (χ1n) is 19.5. The minimum absolute atomic E-state index is 0.905. The third-order valence-electron chi connectivity index (χ3n) is 11.5. The average Bonchev–Trinajstić information content (AvgIpc) is 3.64. The third kappa shape index (κ3) is 5.49. The highest BCUT2D eigenvalue weighted by molar-refractivity contribution is 6.15. The molecular formula is C54H37NO. The van der Waals surface area contributed by atoms with Crippen LogP contribution >= 0.6 is 0 Å². The molecule has 1 aliphatic carbocycles. The standard InChI is InChI=1S/C54H37NO/c1-2-11-36(12-3-1)37-23-28-44(29-24-37)55(45-30-25-38(26-31-45)42-27-32-47-43(33-42)22-21-39-13-6-7-16-46(39)47)51-19-9-8-17-48(51)49-18-10-20-52-54(49)50-34-40-14-4-5-15-41(40)35-53(50)56-52/h1-8,10-18,20-35H,9,19H2. The molecule has 56 heavy (non-hydrogen) atoms. The smallest absolute Gasteiger partial charge is 0.136 e. The lowest BCUT2D eigenvalue weighted by molar-refractivity contribution is 0.669. The van der Waals surface area contributed by atoms with Gasteiger partial charge in [-0.2, -0.15) is 0 Å². The van der Waals surface area contributed by atoms with Crippen LogP contribution in [-0.4, -0.2) is 0 Å². The van der Waals surface area contributed by atoms with Gasteiger partial charge in [0.25, 0.3) is 0 Å². The van der Waals surface area contributed by atoms with E-state index in [1.54, 1.807) is 0 Å². The van der Waals surface area contributed by atoms with Crippen molar-refractivity contribution < 1.29 is 4.42 Å². The summed E-state index contributed by atoms with van der Waals surface area (Å²) in [5.74, 6) is 0. The Balaban J connectivity index is 1.07. The van der Waals surface area contributed by atoms with Crippen LogP contribution < -0.4 is 4.90 Å². The lowest BCUT2D eigenvalue weighted by Gasteiger charge is -2.32. The van der Waals surface area contributed by atoms with Crippen LogP contribution in [0.15, 0.2) is 210 Å². The molecule has 0 spiro atoms. The van der Waals surface area contributed by atoms with Gasteiger partial charge in [-0.1, -0.05) is 152 Å². The molecular weight excluding hydrogens is 679 g/mol. The minimum Gasteiger partial charge on any atom is -0.456 e. The Morgan fingerprint density at radius 2 is 1.04 bits per heavy atom. The molecule has 1 heterocycles. The van der Waals surface area contributed by atoms with Gasteiger partial charge in [-0.05, 0) is 122 Å². The van der Waals surface area contributed by atoms with E-state index in [0.29, 0.717) is 0 Å². The molecule has 0 atom stereocenters. The number of hydrogen-bond donors (Lipinski definition) is 0. The Bertz CT molecular complexity index is 3170. The highest BCUT2D eigenvalue weighted by Gasteiger charge is 2.24. The van der Waals surface area contributed by atoms with Crippen molar-refractivity contribution >= 4 is 71.2 Å². The summed E-state index contributed by atoms with van der Waals surface area (Å²) >= 11 is 0. The predicted molar refractivity (Wildman–Crippen MR) is 237 cm³/mol. The summed E-state index contributed by atoms with van der Waals surface area (Å²) in [6.45, 7) is 0. The van der Waals surface area contributed by atoms with Crippen molar-refractivity contribution in [1.29, 1.82) is 0 Å². The first-order valence-corrected chi connectivity index (χ1v) is 19.5. The van der Waals surface area contributed by atoms with E-state index >= 15 is 0 Å².